The molecule has 2 aromatic carbocycles. The first-order valence-corrected chi connectivity index (χ1v) is 6.00. The van der Waals surface area contributed by atoms with Gasteiger partial charge in [-0.2, -0.15) is 0 Å². The second-order valence-corrected chi connectivity index (χ2v) is 4.53. The zero-order valence-corrected chi connectivity index (χ0v) is 9.84. The van der Waals surface area contributed by atoms with Gasteiger partial charge in [0.1, 0.15) is 23.4 Å². The number of rotatable bonds is 1. The fourth-order valence-corrected chi connectivity index (χ4v) is 2.28. The number of hydrogen-bond donors (Lipinski definition) is 2. The molecule has 0 saturated heterocycles. The molecule has 0 saturated carbocycles. The molecule has 1 aliphatic rings. The Kier molecular flexibility index (Phi) is 2.59. The second kappa shape index (κ2) is 4.26. The summed E-state index contributed by atoms with van der Waals surface area (Å²) in [6.07, 6.45) is 1.82. The average Bonchev–Trinajstić information content (AvgIpc) is 2.38. The molecule has 0 unspecified atom stereocenters. The number of ether oxygens (including phenoxy) is 1. The van der Waals surface area contributed by atoms with Gasteiger partial charge in [-0.1, -0.05) is 18.2 Å². The van der Waals surface area contributed by atoms with E-state index in [1.54, 1.807) is 24.3 Å². The standard InChI is InChI=1S/C15H14O3/c16-12-5-1-10(2-6-12)14-8-4-11-3-7-13(17)9-15(11)18-14/h1-3,5-7,9,14,16-17H,4,8H2/t14-/m1/s1. The summed E-state index contributed by atoms with van der Waals surface area (Å²) >= 11 is 0. The van der Waals surface area contributed by atoms with Gasteiger partial charge < -0.3 is 14.9 Å². The Morgan fingerprint density at radius 3 is 2.44 bits per heavy atom. The third kappa shape index (κ3) is 1.99. The van der Waals surface area contributed by atoms with E-state index in [-0.39, 0.29) is 17.6 Å². The second-order valence-electron chi connectivity index (χ2n) is 4.53. The monoisotopic (exact) mass is 242 g/mol. The maximum atomic E-state index is 9.47. The van der Waals surface area contributed by atoms with Gasteiger partial charge >= 0.3 is 0 Å². The average molecular weight is 242 g/mol. The van der Waals surface area contributed by atoms with Gasteiger partial charge in [-0.15, -0.1) is 0 Å². The molecule has 0 spiro atoms. The zero-order chi connectivity index (χ0) is 12.5. The van der Waals surface area contributed by atoms with E-state index in [4.69, 9.17) is 4.74 Å². The van der Waals surface area contributed by atoms with Gasteiger partial charge in [0.2, 0.25) is 0 Å². The number of benzene rings is 2. The third-order valence-corrected chi connectivity index (χ3v) is 3.26. The van der Waals surface area contributed by atoms with Crippen molar-refractivity contribution >= 4 is 0 Å². The minimum atomic E-state index is -0.0140. The van der Waals surface area contributed by atoms with Crippen LogP contribution in [0.2, 0.25) is 0 Å². The Morgan fingerprint density at radius 1 is 0.944 bits per heavy atom. The Bertz CT molecular complexity index is 560. The van der Waals surface area contributed by atoms with Crippen molar-refractivity contribution in [1.82, 2.24) is 0 Å². The lowest BCUT2D eigenvalue weighted by molar-refractivity contribution is 0.176. The van der Waals surface area contributed by atoms with E-state index in [9.17, 15) is 10.2 Å². The maximum Gasteiger partial charge on any atom is 0.127 e. The van der Waals surface area contributed by atoms with Gasteiger partial charge in [0, 0.05) is 6.07 Å². The van der Waals surface area contributed by atoms with E-state index < -0.39 is 0 Å². The summed E-state index contributed by atoms with van der Waals surface area (Å²) in [4.78, 5) is 0. The van der Waals surface area contributed by atoms with Crippen LogP contribution in [0.3, 0.4) is 0 Å². The first kappa shape index (κ1) is 11.0. The highest BCUT2D eigenvalue weighted by atomic mass is 16.5. The molecule has 0 aliphatic carbocycles. The van der Waals surface area contributed by atoms with Crippen molar-refractivity contribution in [1.29, 1.82) is 0 Å². The molecule has 3 nitrogen and oxygen atoms in total. The first-order valence-electron chi connectivity index (χ1n) is 6.00. The lowest BCUT2D eigenvalue weighted by atomic mass is 9.97. The highest BCUT2D eigenvalue weighted by Crippen LogP contribution is 2.36. The van der Waals surface area contributed by atoms with Gasteiger partial charge in [-0.3, -0.25) is 0 Å². The fraction of sp³-hybridized carbons (Fsp3) is 0.200. The summed E-state index contributed by atoms with van der Waals surface area (Å²) in [6, 6.07) is 12.3. The van der Waals surface area contributed by atoms with Crippen LogP contribution in [-0.4, -0.2) is 10.2 Å². The number of fused-ring (bicyclic) bond motifs is 1. The van der Waals surface area contributed by atoms with Gasteiger partial charge in [-0.25, -0.2) is 0 Å². The van der Waals surface area contributed by atoms with E-state index >= 15 is 0 Å². The summed E-state index contributed by atoms with van der Waals surface area (Å²) in [5.41, 5.74) is 2.17. The summed E-state index contributed by atoms with van der Waals surface area (Å²) in [5.74, 6) is 1.23. The van der Waals surface area contributed by atoms with Crippen LogP contribution in [0.25, 0.3) is 0 Å². The highest BCUT2D eigenvalue weighted by molar-refractivity contribution is 5.42. The van der Waals surface area contributed by atoms with E-state index in [0.717, 1.165) is 29.7 Å². The van der Waals surface area contributed by atoms with Crippen LogP contribution in [0.1, 0.15) is 23.7 Å². The molecule has 0 radical (unpaired) electrons. The topological polar surface area (TPSA) is 49.7 Å². The van der Waals surface area contributed by atoms with Crippen molar-refractivity contribution in [3.05, 3.63) is 53.6 Å². The van der Waals surface area contributed by atoms with Crippen LogP contribution in [0.5, 0.6) is 17.2 Å². The van der Waals surface area contributed by atoms with Crippen LogP contribution < -0.4 is 4.74 Å². The Labute approximate surface area is 105 Å². The van der Waals surface area contributed by atoms with Crippen molar-refractivity contribution in [2.75, 3.05) is 0 Å². The molecule has 1 heterocycles. The highest BCUT2D eigenvalue weighted by Gasteiger charge is 2.21. The smallest absolute Gasteiger partial charge is 0.127 e. The van der Waals surface area contributed by atoms with Crippen LogP contribution in [-0.2, 0) is 6.42 Å². The molecule has 18 heavy (non-hydrogen) atoms. The maximum absolute atomic E-state index is 9.47. The van der Waals surface area contributed by atoms with Gasteiger partial charge in [0.05, 0.1) is 0 Å². The fourth-order valence-electron chi connectivity index (χ4n) is 2.28. The number of phenolic OH excluding ortho intramolecular Hbond substituents is 2. The predicted molar refractivity (Wildman–Crippen MR) is 67.9 cm³/mol. The van der Waals surface area contributed by atoms with Crippen molar-refractivity contribution in [2.45, 2.75) is 18.9 Å². The minimum Gasteiger partial charge on any atom is -0.508 e. The molecule has 0 fully saturated rings. The molecule has 2 aromatic rings. The lowest BCUT2D eigenvalue weighted by Gasteiger charge is -2.26. The van der Waals surface area contributed by atoms with Gasteiger partial charge in [0.25, 0.3) is 0 Å². The van der Waals surface area contributed by atoms with E-state index in [0.29, 0.717) is 0 Å². The Balaban J connectivity index is 1.88. The van der Waals surface area contributed by atoms with Gasteiger partial charge in [-0.05, 0) is 42.2 Å². The summed E-state index contributed by atoms with van der Waals surface area (Å²) < 4.78 is 5.90. The minimum absolute atomic E-state index is 0.0140. The van der Waals surface area contributed by atoms with Crippen molar-refractivity contribution in [3.8, 4) is 17.2 Å². The molecule has 3 rings (SSSR count). The molecule has 0 bridgehead atoms. The number of phenols is 2. The largest absolute Gasteiger partial charge is 0.508 e. The van der Waals surface area contributed by atoms with E-state index in [1.165, 1.54) is 0 Å². The number of hydrogen-bond acceptors (Lipinski definition) is 3. The molecule has 92 valence electrons. The van der Waals surface area contributed by atoms with Crippen LogP contribution in [0.15, 0.2) is 42.5 Å². The quantitative estimate of drug-likeness (QED) is 0.807. The molecule has 1 atom stereocenters. The number of aromatic hydroxyl groups is 2. The summed E-state index contributed by atoms with van der Waals surface area (Å²) in [6.45, 7) is 0. The van der Waals surface area contributed by atoms with E-state index in [1.807, 2.05) is 18.2 Å². The van der Waals surface area contributed by atoms with Crippen molar-refractivity contribution in [3.63, 3.8) is 0 Å². The molecule has 0 aromatic heterocycles. The predicted octanol–water partition coefficient (Wildman–Crippen LogP) is 3.16. The number of aryl methyl sites for hydroxylation is 1. The lowest BCUT2D eigenvalue weighted by Crippen LogP contribution is -2.14. The molecule has 2 N–H and O–H groups in total. The summed E-state index contributed by atoms with van der Waals surface area (Å²) in [5, 5.41) is 18.7. The molecular formula is C15H14O3. The Morgan fingerprint density at radius 2 is 1.67 bits per heavy atom. The molecular weight excluding hydrogens is 228 g/mol. The molecule has 1 aliphatic heterocycles. The summed E-state index contributed by atoms with van der Waals surface area (Å²) in [7, 11) is 0. The first-order chi connectivity index (χ1) is 8.72. The van der Waals surface area contributed by atoms with Gasteiger partial charge in [0.15, 0.2) is 0 Å². The van der Waals surface area contributed by atoms with E-state index in [2.05, 4.69) is 0 Å². The van der Waals surface area contributed by atoms with Crippen LogP contribution in [0, 0.1) is 0 Å². The third-order valence-electron chi connectivity index (χ3n) is 3.26. The zero-order valence-electron chi connectivity index (χ0n) is 9.84. The van der Waals surface area contributed by atoms with Crippen LogP contribution >= 0.6 is 0 Å². The SMILES string of the molecule is Oc1ccc([C@H]2CCc3ccc(O)cc3O2)cc1. The molecule has 3 heteroatoms. The van der Waals surface area contributed by atoms with Crippen LogP contribution in [0.4, 0.5) is 0 Å². The van der Waals surface area contributed by atoms with Crippen molar-refractivity contribution < 1.29 is 14.9 Å². The van der Waals surface area contributed by atoms with Crippen molar-refractivity contribution in [2.24, 2.45) is 0 Å². The molecule has 0 amide bonds. The normalized spacial score (nSPS) is 17.9. The Hall–Kier alpha value is -2.16.